The molecule has 0 bridgehead atoms. The second-order valence-corrected chi connectivity index (χ2v) is 7.35. The summed E-state index contributed by atoms with van der Waals surface area (Å²) in [5.74, 6) is -2.13. The highest BCUT2D eigenvalue weighted by molar-refractivity contribution is 6.01. The lowest BCUT2D eigenvalue weighted by Crippen LogP contribution is -2.43. The fourth-order valence-electron chi connectivity index (χ4n) is 3.24. The zero-order chi connectivity index (χ0) is 24.0. The Morgan fingerprint density at radius 1 is 0.879 bits per heavy atom. The van der Waals surface area contributed by atoms with Gasteiger partial charge in [-0.2, -0.15) is 0 Å². The van der Waals surface area contributed by atoms with Gasteiger partial charge in [0, 0.05) is 19.0 Å². The Morgan fingerprint density at radius 2 is 1.48 bits per heavy atom. The third-order valence-electron chi connectivity index (χ3n) is 5.06. The van der Waals surface area contributed by atoms with Crippen LogP contribution < -0.4 is 17.0 Å². The number of benzene rings is 2. The fourth-order valence-corrected chi connectivity index (χ4v) is 3.24. The number of nitrogen functional groups attached to an aromatic ring is 1. The molecule has 0 saturated heterocycles. The van der Waals surface area contributed by atoms with Gasteiger partial charge in [-0.1, -0.05) is 60.7 Å². The topological polar surface area (TPSA) is 130 Å². The summed E-state index contributed by atoms with van der Waals surface area (Å²) in [4.78, 5) is 61.8. The summed E-state index contributed by atoms with van der Waals surface area (Å²) < 4.78 is 6.85. The maximum atomic E-state index is 12.7. The Balaban J connectivity index is 1.70. The van der Waals surface area contributed by atoms with Crippen LogP contribution in [0.4, 0.5) is 5.82 Å². The highest BCUT2D eigenvalue weighted by Crippen LogP contribution is 2.10. The molecule has 1 aromatic heterocycles. The number of rotatable bonds is 9. The third-order valence-corrected chi connectivity index (χ3v) is 5.06. The van der Waals surface area contributed by atoms with Crippen LogP contribution in [0.1, 0.15) is 39.1 Å². The molecule has 0 fully saturated rings. The lowest BCUT2D eigenvalue weighted by Gasteiger charge is -2.14. The van der Waals surface area contributed by atoms with Gasteiger partial charge >= 0.3 is 11.7 Å². The zero-order valence-corrected chi connectivity index (χ0v) is 18.0. The van der Waals surface area contributed by atoms with Gasteiger partial charge < -0.3 is 10.5 Å². The first-order valence-corrected chi connectivity index (χ1v) is 10.2. The number of anilines is 1. The molecule has 0 aliphatic heterocycles. The van der Waals surface area contributed by atoms with Gasteiger partial charge in [0.05, 0.1) is 13.0 Å². The van der Waals surface area contributed by atoms with Crippen LogP contribution in [0.15, 0.2) is 70.3 Å². The van der Waals surface area contributed by atoms with E-state index in [-0.39, 0.29) is 31.0 Å². The van der Waals surface area contributed by atoms with Crippen LogP contribution in [0.5, 0.6) is 0 Å². The minimum absolute atomic E-state index is 0.0568. The van der Waals surface area contributed by atoms with E-state index in [0.29, 0.717) is 5.56 Å². The van der Waals surface area contributed by atoms with E-state index in [9.17, 15) is 24.0 Å². The maximum Gasteiger partial charge on any atom is 0.332 e. The standard InChI is InChI=1S/C24H23N3O6/c1-26-23(31)21(22(25)27(24(26)32)14-16-8-4-2-5-9-16)19(29)15-33-20(30)13-12-18(28)17-10-6-3-7-11-17/h2-11H,12-15,25H2,1H3. The molecule has 2 aromatic carbocycles. The molecule has 3 aromatic rings. The predicted molar refractivity (Wildman–Crippen MR) is 121 cm³/mol. The van der Waals surface area contributed by atoms with Crippen LogP contribution in [0.25, 0.3) is 0 Å². The van der Waals surface area contributed by atoms with Crippen molar-refractivity contribution in [3.63, 3.8) is 0 Å². The summed E-state index contributed by atoms with van der Waals surface area (Å²) >= 11 is 0. The summed E-state index contributed by atoms with van der Waals surface area (Å²) in [6.45, 7) is -0.678. The summed E-state index contributed by atoms with van der Waals surface area (Å²) in [6.07, 6.45) is -0.301. The Labute approximate surface area is 189 Å². The van der Waals surface area contributed by atoms with Gasteiger partial charge in [-0.15, -0.1) is 0 Å². The number of ether oxygens (including phenoxy) is 1. The monoisotopic (exact) mass is 449 g/mol. The Morgan fingerprint density at radius 3 is 2.12 bits per heavy atom. The second kappa shape index (κ2) is 10.4. The third kappa shape index (κ3) is 5.51. The quantitative estimate of drug-likeness (QED) is 0.387. The Bertz CT molecular complexity index is 1290. The van der Waals surface area contributed by atoms with E-state index >= 15 is 0 Å². The molecule has 0 amide bonds. The number of carbonyl (C=O) groups excluding carboxylic acids is 3. The van der Waals surface area contributed by atoms with Crippen molar-refractivity contribution in [2.75, 3.05) is 12.3 Å². The minimum atomic E-state index is -0.873. The first-order valence-electron chi connectivity index (χ1n) is 10.2. The molecule has 9 nitrogen and oxygen atoms in total. The SMILES string of the molecule is Cn1c(=O)c(C(=O)COC(=O)CCC(=O)c2ccccc2)c(N)n(Cc2ccccc2)c1=O. The van der Waals surface area contributed by atoms with Gasteiger partial charge in [-0.05, 0) is 5.56 Å². The van der Waals surface area contributed by atoms with Crippen LogP contribution in [-0.2, 0) is 23.1 Å². The van der Waals surface area contributed by atoms with E-state index in [2.05, 4.69) is 0 Å². The van der Waals surface area contributed by atoms with Gasteiger partial charge in [0.1, 0.15) is 11.4 Å². The van der Waals surface area contributed by atoms with Crippen molar-refractivity contribution >= 4 is 23.4 Å². The molecule has 0 saturated carbocycles. The number of carbonyl (C=O) groups is 3. The lowest BCUT2D eigenvalue weighted by molar-refractivity contribution is -0.142. The van der Waals surface area contributed by atoms with E-state index in [4.69, 9.17) is 10.5 Å². The van der Waals surface area contributed by atoms with Gasteiger partial charge in [0.2, 0.25) is 5.78 Å². The largest absolute Gasteiger partial charge is 0.457 e. The van der Waals surface area contributed by atoms with Crippen molar-refractivity contribution in [3.8, 4) is 0 Å². The van der Waals surface area contributed by atoms with Crippen LogP contribution in [0.2, 0.25) is 0 Å². The molecule has 9 heteroatoms. The molecule has 0 atom stereocenters. The van der Waals surface area contributed by atoms with E-state index in [1.165, 1.54) is 7.05 Å². The van der Waals surface area contributed by atoms with Crippen molar-refractivity contribution in [2.24, 2.45) is 7.05 Å². The fraction of sp³-hybridized carbons (Fsp3) is 0.208. The van der Waals surface area contributed by atoms with Crippen molar-refractivity contribution in [1.82, 2.24) is 9.13 Å². The van der Waals surface area contributed by atoms with Crippen LogP contribution in [-0.4, -0.2) is 33.3 Å². The van der Waals surface area contributed by atoms with Crippen molar-refractivity contribution in [3.05, 3.63) is 98.2 Å². The number of hydrogen-bond donors (Lipinski definition) is 1. The smallest absolute Gasteiger partial charge is 0.332 e. The van der Waals surface area contributed by atoms with E-state index in [1.807, 2.05) is 6.07 Å². The summed E-state index contributed by atoms with van der Waals surface area (Å²) in [6, 6.07) is 17.4. The molecule has 33 heavy (non-hydrogen) atoms. The molecule has 3 rings (SSSR count). The van der Waals surface area contributed by atoms with Gasteiger partial charge in [0.25, 0.3) is 5.56 Å². The zero-order valence-electron chi connectivity index (χ0n) is 18.0. The average molecular weight is 449 g/mol. The summed E-state index contributed by atoms with van der Waals surface area (Å²) in [5, 5.41) is 0. The number of hydrogen-bond acceptors (Lipinski definition) is 7. The molecule has 1 heterocycles. The van der Waals surface area contributed by atoms with E-state index in [1.54, 1.807) is 54.6 Å². The summed E-state index contributed by atoms with van der Waals surface area (Å²) in [7, 11) is 1.24. The van der Waals surface area contributed by atoms with E-state index < -0.39 is 35.2 Å². The van der Waals surface area contributed by atoms with Crippen molar-refractivity contribution < 1.29 is 19.1 Å². The molecular weight excluding hydrogens is 426 g/mol. The van der Waals surface area contributed by atoms with Gasteiger partial charge in [-0.3, -0.25) is 28.3 Å². The predicted octanol–water partition coefficient (Wildman–Crippen LogP) is 1.57. The molecular formula is C24H23N3O6. The number of ketones is 2. The van der Waals surface area contributed by atoms with Crippen LogP contribution in [0, 0.1) is 0 Å². The van der Waals surface area contributed by atoms with E-state index in [0.717, 1.165) is 14.7 Å². The molecule has 2 N–H and O–H groups in total. The lowest BCUT2D eigenvalue weighted by atomic mass is 10.1. The van der Waals surface area contributed by atoms with Crippen molar-refractivity contribution in [2.45, 2.75) is 19.4 Å². The molecule has 0 unspecified atom stereocenters. The average Bonchev–Trinajstić information content (AvgIpc) is 2.84. The highest BCUT2D eigenvalue weighted by Gasteiger charge is 2.23. The molecule has 0 radical (unpaired) electrons. The van der Waals surface area contributed by atoms with Gasteiger partial charge in [-0.25, -0.2) is 4.79 Å². The normalized spacial score (nSPS) is 10.6. The summed E-state index contributed by atoms with van der Waals surface area (Å²) in [5.41, 5.74) is 5.26. The molecule has 170 valence electrons. The number of nitrogens with zero attached hydrogens (tertiary/aromatic N) is 2. The number of esters is 1. The first kappa shape index (κ1) is 23.4. The van der Waals surface area contributed by atoms with Crippen LogP contribution >= 0.6 is 0 Å². The molecule has 0 aliphatic rings. The van der Waals surface area contributed by atoms with Gasteiger partial charge in [0.15, 0.2) is 12.4 Å². The van der Waals surface area contributed by atoms with Crippen molar-refractivity contribution in [1.29, 1.82) is 0 Å². The van der Waals surface area contributed by atoms with Crippen LogP contribution in [0.3, 0.4) is 0 Å². The maximum absolute atomic E-state index is 12.7. The Kier molecular flexibility index (Phi) is 7.34. The highest BCUT2D eigenvalue weighted by atomic mass is 16.5. The minimum Gasteiger partial charge on any atom is -0.457 e. The second-order valence-electron chi connectivity index (χ2n) is 7.35. The number of Topliss-reactive ketones (excluding diaryl/α,β-unsaturated/α-hetero) is 2. The number of aromatic nitrogens is 2. The molecule has 0 spiro atoms. The Hall–Kier alpha value is -4.27. The molecule has 0 aliphatic carbocycles. The first-order chi connectivity index (χ1) is 15.8. The number of nitrogens with two attached hydrogens (primary N) is 1.